The number of nitrogens with zero attached hydrogens (tertiary/aromatic N) is 2. The Morgan fingerprint density at radius 2 is 2.00 bits per heavy atom. The molecule has 2 aliphatic carbocycles. The van der Waals surface area contributed by atoms with Crippen LogP contribution in [0.2, 0.25) is 0 Å². The van der Waals surface area contributed by atoms with Crippen LogP contribution < -0.4 is 5.32 Å². The van der Waals surface area contributed by atoms with Gasteiger partial charge in [0.15, 0.2) is 0 Å². The Kier molecular flexibility index (Phi) is 10.1. The number of nitrogens with one attached hydrogen (secondary N) is 1. The number of hydrogen-bond donors (Lipinski definition) is 1. The third-order valence-corrected chi connectivity index (χ3v) is 2.76. The van der Waals surface area contributed by atoms with Gasteiger partial charge in [0.05, 0.1) is 0 Å². The van der Waals surface area contributed by atoms with Gasteiger partial charge in [-0.1, -0.05) is 6.08 Å². The van der Waals surface area contributed by atoms with E-state index in [1.807, 2.05) is 26.4 Å². The Labute approximate surface area is 127 Å². The molecule has 2 rings (SSSR count). The number of halogens is 1. The third kappa shape index (κ3) is 7.56. The number of hydrogen-bond acceptors (Lipinski definition) is 4. The van der Waals surface area contributed by atoms with Crippen LogP contribution in [0.3, 0.4) is 0 Å². The van der Waals surface area contributed by atoms with Gasteiger partial charge in [-0.2, -0.15) is 5.10 Å². The minimum absolute atomic E-state index is 0.0764. The van der Waals surface area contributed by atoms with Crippen molar-refractivity contribution >= 4 is 13.0 Å². The summed E-state index contributed by atoms with van der Waals surface area (Å²) in [5.74, 6) is 0.354. The minimum Gasteiger partial charge on any atom is -0.323 e. The van der Waals surface area contributed by atoms with Gasteiger partial charge in [-0.25, -0.2) is 4.39 Å². The van der Waals surface area contributed by atoms with Crippen molar-refractivity contribution in [3.05, 3.63) is 35.3 Å². The number of carbonyl (C=O) groups is 1. The van der Waals surface area contributed by atoms with Gasteiger partial charge in [-0.3, -0.25) is 5.01 Å². The molecule has 0 heterocycles. The summed E-state index contributed by atoms with van der Waals surface area (Å²) in [6.07, 6.45) is 9.05. The minimum atomic E-state index is -0.0764. The third-order valence-electron chi connectivity index (χ3n) is 2.76. The highest BCUT2D eigenvalue weighted by atomic mass is 19.1. The van der Waals surface area contributed by atoms with Crippen LogP contribution in [0.4, 0.5) is 4.39 Å². The molecule has 0 aromatic rings. The van der Waals surface area contributed by atoms with E-state index < -0.39 is 0 Å². The first-order valence-electron chi connectivity index (χ1n) is 7.00. The largest absolute Gasteiger partial charge is 0.323 e. The van der Waals surface area contributed by atoms with Crippen LogP contribution >= 0.6 is 0 Å². The van der Waals surface area contributed by atoms with Crippen LogP contribution in [0.1, 0.15) is 26.2 Å². The lowest BCUT2D eigenvalue weighted by molar-refractivity contribution is -0.106. The molecule has 1 saturated carbocycles. The van der Waals surface area contributed by atoms with Crippen LogP contribution in [-0.4, -0.2) is 39.2 Å². The molecule has 4 nitrogen and oxygen atoms in total. The van der Waals surface area contributed by atoms with Crippen LogP contribution in [0.5, 0.6) is 0 Å². The predicted molar refractivity (Wildman–Crippen MR) is 86.7 cm³/mol. The van der Waals surface area contributed by atoms with E-state index in [0.717, 1.165) is 36.7 Å². The van der Waals surface area contributed by atoms with E-state index in [-0.39, 0.29) is 5.83 Å². The van der Waals surface area contributed by atoms with E-state index >= 15 is 0 Å². The van der Waals surface area contributed by atoms with E-state index in [1.165, 1.54) is 6.92 Å². The summed E-state index contributed by atoms with van der Waals surface area (Å²) >= 11 is 0. The maximum Gasteiger partial charge on any atom is 0.126 e. The number of carbonyl (C=O) groups excluding carboxylic acids is 1. The van der Waals surface area contributed by atoms with E-state index in [4.69, 9.17) is 4.79 Å². The first-order chi connectivity index (χ1) is 10.0. The van der Waals surface area contributed by atoms with Crippen molar-refractivity contribution in [1.29, 1.82) is 0 Å². The van der Waals surface area contributed by atoms with E-state index in [1.54, 1.807) is 18.1 Å². The molecule has 21 heavy (non-hydrogen) atoms. The van der Waals surface area contributed by atoms with Crippen LogP contribution in [0.15, 0.2) is 40.4 Å². The summed E-state index contributed by atoms with van der Waals surface area (Å²) in [6.45, 7) is 4.88. The number of hydrazone groups is 1. The van der Waals surface area contributed by atoms with Gasteiger partial charge in [0, 0.05) is 20.0 Å². The second-order valence-corrected chi connectivity index (χ2v) is 4.75. The Morgan fingerprint density at radius 1 is 1.48 bits per heavy atom. The normalized spacial score (nSPS) is 18.2. The first kappa shape index (κ1) is 19.2. The molecule has 5 heteroatoms. The Bertz CT molecular complexity index is 423. The fourth-order valence-electron chi connectivity index (χ4n) is 1.86. The monoisotopic (exact) mass is 295 g/mol. The predicted octanol–water partition coefficient (Wildman–Crippen LogP) is 3.05. The summed E-state index contributed by atoms with van der Waals surface area (Å²) in [5, 5.41) is 8.14. The Balaban J connectivity index is 0.000000578. The summed E-state index contributed by atoms with van der Waals surface area (Å²) in [4.78, 5) is 8.81. The zero-order chi connectivity index (χ0) is 16.3. The van der Waals surface area contributed by atoms with Crippen LogP contribution in [-0.2, 0) is 4.79 Å². The molecule has 0 atom stereocenters. The highest BCUT2D eigenvalue weighted by Crippen LogP contribution is 2.44. The molecule has 1 fully saturated rings. The highest BCUT2D eigenvalue weighted by Gasteiger charge is 2.31. The number of rotatable bonds is 3. The molecule has 0 aliphatic heterocycles. The molecule has 0 aromatic carbocycles. The number of aldehydes is 1. The van der Waals surface area contributed by atoms with Gasteiger partial charge in [0.1, 0.15) is 12.1 Å². The van der Waals surface area contributed by atoms with Crippen LogP contribution in [0, 0.1) is 5.92 Å². The molecule has 0 spiro atoms. The maximum absolute atomic E-state index is 13.6. The van der Waals surface area contributed by atoms with E-state index in [9.17, 15) is 4.39 Å². The SMILES string of the molecule is C=NN(C)/C=C1\CC=CC(F)=C1C1CC1.CC=O.CNC. The van der Waals surface area contributed by atoms with Crippen molar-refractivity contribution in [2.75, 3.05) is 21.1 Å². The smallest absolute Gasteiger partial charge is 0.126 e. The molecule has 1 N–H and O–H groups in total. The van der Waals surface area contributed by atoms with Crippen molar-refractivity contribution in [2.45, 2.75) is 26.2 Å². The van der Waals surface area contributed by atoms with E-state index in [2.05, 4.69) is 17.1 Å². The van der Waals surface area contributed by atoms with Gasteiger partial charge in [-0.15, -0.1) is 0 Å². The lowest BCUT2D eigenvalue weighted by Gasteiger charge is -2.16. The summed E-state index contributed by atoms with van der Waals surface area (Å²) in [5.41, 5.74) is 1.92. The van der Waals surface area contributed by atoms with Crippen molar-refractivity contribution in [1.82, 2.24) is 10.3 Å². The molecule has 118 valence electrons. The Morgan fingerprint density at radius 3 is 2.43 bits per heavy atom. The highest BCUT2D eigenvalue weighted by molar-refractivity contribution is 5.45. The standard InChI is InChI=1S/C12H15FN2.C2H7N.C2H4O/c1-14-15(2)8-10-4-3-5-11(13)12(10)9-6-7-9;1-3-2;1-2-3/h3,5,8-9H,1,4,6-7H2,2H3;3H,1-2H3;2H,1H3/b10-8+;;. The second-order valence-electron chi connectivity index (χ2n) is 4.75. The fraction of sp³-hybridized carbons (Fsp3) is 0.500. The van der Waals surface area contributed by atoms with Gasteiger partial charge in [0.25, 0.3) is 0 Å². The summed E-state index contributed by atoms with van der Waals surface area (Å²) in [7, 11) is 5.56. The number of allylic oxidation sites excluding steroid dienone is 5. The summed E-state index contributed by atoms with van der Waals surface area (Å²) in [6, 6.07) is 0. The fourth-order valence-corrected chi connectivity index (χ4v) is 1.86. The van der Waals surface area contributed by atoms with Crippen molar-refractivity contribution < 1.29 is 9.18 Å². The molecular weight excluding hydrogens is 269 g/mol. The van der Waals surface area contributed by atoms with E-state index in [0.29, 0.717) is 5.92 Å². The zero-order valence-corrected chi connectivity index (χ0v) is 13.4. The molecule has 2 aliphatic rings. The Hall–Kier alpha value is -1.75. The molecule has 0 radical (unpaired) electrons. The first-order valence-corrected chi connectivity index (χ1v) is 7.00. The van der Waals surface area contributed by atoms with Gasteiger partial charge in [-0.05, 0) is 63.4 Å². The lowest BCUT2D eigenvalue weighted by Crippen LogP contribution is -2.06. The van der Waals surface area contributed by atoms with Gasteiger partial charge >= 0.3 is 0 Å². The van der Waals surface area contributed by atoms with Gasteiger partial charge < -0.3 is 10.1 Å². The molecule has 0 bridgehead atoms. The lowest BCUT2D eigenvalue weighted by atomic mass is 9.94. The average molecular weight is 295 g/mol. The quantitative estimate of drug-likeness (QED) is 0.494. The molecule has 0 aromatic heterocycles. The molecule has 0 amide bonds. The summed E-state index contributed by atoms with van der Waals surface area (Å²) < 4.78 is 13.6. The molecular formula is C16H26FN3O. The van der Waals surface area contributed by atoms with Gasteiger partial charge in [0.2, 0.25) is 0 Å². The topological polar surface area (TPSA) is 44.7 Å². The molecule has 0 saturated heterocycles. The second kappa shape index (κ2) is 11.0. The van der Waals surface area contributed by atoms with Crippen molar-refractivity contribution in [2.24, 2.45) is 11.0 Å². The maximum atomic E-state index is 13.6. The zero-order valence-electron chi connectivity index (χ0n) is 13.4. The van der Waals surface area contributed by atoms with Crippen LogP contribution in [0.25, 0.3) is 0 Å². The van der Waals surface area contributed by atoms with Crippen molar-refractivity contribution in [3.8, 4) is 0 Å². The van der Waals surface area contributed by atoms with Crippen molar-refractivity contribution in [3.63, 3.8) is 0 Å². The molecule has 0 unspecified atom stereocenters. The average Bonchev–Trinajstić information content (AvgIpc) is 3.25.